The standard InChI is InChI=1S/C16H21F2N5O/c1-11-13(8-20-23(11)10-15(17)18)16(24)22-6-4-3-5-14(22)12-7-19-21(2)9-12/h7-9,14-15H,3-6,10H2,1-2H3. The number of aromatic nitrogens is 4. The fourth-order valence-corrected chi connectivity index (χ4v) is 3.26. The molecule has 1 amide bonds. The van der Waals surface area contributed by atoms with Gasteiger partial charge in [-0.15, -0.1) is 0 Å². The van der Waals surface area contributed by atoms with Crippen molar-refractivity contribution in [2.45, 2.75) is 45.2 Å². The van der Waals surface area contributed by atoms with E-state index in [9.17, 15) is 13.6 Å². The number of carbonyl (C=O) groups excluding carboxylic acids is 1. The molecule has 3 heterocycles. The summed E-state index contributed by atoms with van der Waals surface area (Å²) >= 11 is 0. The summed E-state index contributed by atoms with van der Waals surface area (Å²) in [4.78, 5) is 14.8. The molecule has 24 heavy (non-hydrogen) atoms. The third-order valence-corrected chi connectivity index (χ3v) is 4.52. The summed E-state index contributed by atoms with van der Waals surface area (Å²) in [6.07, 6.45) is 5.47. The summed E-state index contributed by atoms with van der Waals surface area (Å²) < 4.78 is 28.1. The van der Waals surface area contributed by atoms with Crippen molar-refractivity contribution in [1.82, 2.24) is 24.5 Å². The van der Waals surface area contributed by atoms with Gasteiger partial charge in [-0.25, -0.2) is 8.78 Å². The minimum absolute atomic E-state index is 0.0298. The minimum atomic E-state index is -2.50. The van der Waals surface area contributed by atoms with Gasteiger partial charge in [-0.2, -0.15) is 10.2 Å². The number of alkyl halides is 2. The van der Waals surface area contributed by atoms with E-state index in [1.807, 2.05) is 18.1 Å². The maximum atomic E-state index is 13.0. The number of likely N-dealkylation sites (tertiary alicyclic amines) is 1. The molecule has 0 radical (unpaired) electrons. The van der Waals surface area contributed by atoms with E-state index in [1.54, 1.807) is 17.8 Å². The molecule has 6 nitrogen and oxygen atoms in total. The molecular weight excluding hydrogens is 316 g/mol. The molecule has 1 unspecified atom stereocenters. The second-order valence-electron chi connectivity index (χ2n) is 6.17. The van der Waals surface area contributed by atoms with Gasteiger partial charge in [0.25, 0.3) is 12.3 Å². The van der Waals surface area contributed by atoms with Gasteiger partial charge in [0, 0.05) is 31.0 Å². The normalized spacial score (nSPS) is 18.4. The smallest absolute Gasteiger partial charge is 0.257 e. The Morgan fingerprint density at radius 3 is 2.79 bits per heavy atom. The molecule has 0 aromatic carbocycles. The van der Waals surface area contributed by atoms with Gasteiger partial charge >= 0.3 is 0 Å². The summed E-state index contributed by atoms with van der Waals surface area (Å²) in [5.74, 6) is -0.151. The van der Waals surface area contributed by atoms with Crippen LogP contribution in [0.15, 0.2) is 18.6 Å². The summed E-state index contributed by atoms with van der Waals surface area (Å²) in [5.41, 5.74) is 1.88. The van der Waals surface area contributed by atoms with Gasteiger partial charge < -0.3 is 4.90 Å². The Kier molecular flexibility index (Phi) is 4.64. The van der Waals surface area contributed by atoms with Gasteiger partial charge in [-0.1, -0.05) is 0 Å². The predicted molar refractivity (Wildman–Crippen MR) is 83.8 cm³/mol. The number of rotatable bonds is 4. The van der Waals surface area contributed by atoms with Gasteiger partial charge in [0.05, 0.1) is 24.0 Å². The summed E-state index contributed by atoms with van der Waals surface area (Å²) in [5, 5.41) is 8.14. The van der Waals surface area contributed by atoms with Gasteiger partial charge in [0.15, 0.2) is 0 Å². The van der Waals surface area contributed by atoms with Crippen molar-refractivity contribution in [3.8, 4) is 0 Å². The number of nitrogens with zero attached hydrogens (tertiary/aromatic N) is 5. The van der Waals surface area contributed by atoms with E-state index >= 15 is 0 Å². The number of carbonyl (C=O) groups is 1. The molecule has 130 valence electrons. The molecule has 1 aliphatic heterocycles. The Hall–Kier alpha value is -2.25. The van der Waals surface area contributed by atoms with Crippen LogP contribution in [0.3, 0.4) is 0 Å². The Morgan fingerprint density at radius 2 is 2.12 bits per heavy atom. The largest absolute Gasteiger partial charge is 0.331 e. The van der Waals surface area contributed by atoms with Crippen LogP contribution in [0.2, 0.25) is 0 Å². The zero-order chi connectivity index (χ0) is 17.3. The molecule has 1 saturated heterocycles. The van der Waals surface area contributed by atoms with Crippen molar-refractivity contribution in [3.05, 3.63) is 35.4 Å². The highest BCUT2D eigenvalue weighted by Crippen LogP contribution is 2.32. The summed E-state index contributed by atoms with van der Waals surface area (Å²) in [7, 11) is 1.84. The first-order chi connectivity index (χ1) is 11.5. The van der Waals surface area contributed by atoms with Crippen LogP contribution in [-0.4, -0.2) is 43.3 Å². The zero-order valence-electron chi connectivity index (χ0n) is 13.8. The van der Waals surface area contributed by atoms with Crippen LogP contribution in [0.4, 0.5) is 8.78 Å². The lowest BCUT2D eigenvalue weighted by atomic mass is 9.96. The maximum Gasteiger partial charge on any atom is 0.257 e. The molecular formula is C16H21F2N5O. The van der Waals surface area contributed by atoms with Crippen LogP contribution >= 0.6 is 0 Å². The molecule has 0 N–H and O–H groups in total. The van der Waals surface area contributed by atoms with Gasteiger partial charge in [-0.05, 0) is 26.2 Å². The molecule has 2 aromatic heterocycles. The molecule has 3 rings (SSSR count). The second kappa shape index (κ2) is 6.70. The van der Waals surface area contributed by atoms with Gasteiger partial charge in [0.2, 0.25) is 0 Å². The molecule has 1 fully saturated rings. The van der Waals surface area contributed by atoms with Crippen molar-refractivity contribution in [2.75, 3.05) is 6.54 Å². The van der Waals surface area contributed by atoms with Crippen LogP contribution in [0, 0.1) is 6.92 Å². The molecule has 1 atom stereocenters. The van der Waals surface area contributed by atoms with Crippen LogP contribution < -0.4 is 0 Å². The first-order valence-corrected chi connectivity index (χ1v) is 8.07. The number of piperidine rings is 1. The molecule has 8 heteroatoms. The molecule has 0 spiro atoms. The maximum absolute atomic E-state index is 13.0. The highest BCUT2D eigenvalue weighted by Gasteiger charge is 2.31. The van der Waals surface area contributed by atoms with E-state index in [0.717, 1.165) is 24.8 Å². The van der Waals surface area contributed by atoms with E-state index in [-0.39, 0.29) is 11.9 Å². The lowest BCUT2D eigenvalue weighted by Crippen LogP contribution is -2.38. The number of hydrogen-bond donors (Lipinski definition) is 0. The van der Waals surface area contributed by atoms with E-state index < -0.39 is 13.0 Å². The topological polar surface area (TPSA) is 56.0 Å². The van der Waals surface area contributed by atoms with Crippen molar-refractivity contribution in [1.29, 1.82) is 0 Å². The fourth-order valence-electron chi connectivity index (χ4n) is 3.26. The number of amides is 1. The Balaban J connectivity index is 1.86. The third-order valence-electron chi connectivity index (χ3n) is 4.52. The van der Waals surface area contributed by atoms with E-state index in [2.05, 4.69) is 10.2 Å². The Morgan fingerprint density at radius 1 is 1.33 bits per heavy atom. The minimum Gasteiger partial charge on any atom is -0.331 e. The van der Waals surface area contributed by atoms with Crippen molar-refractivity contribution >= 4 is 5.91 Å². The second-order valence-corrected chi connectivity index (χ2v) is 6.17. The first-order valence-electron chi connectivity index (χ1n) is 8.07. The highest BCUT2D eigenvalue weighted by molar-refractivity contribution is 5.95. The first kappa shape index (κ1) is 16.6. The molecule has 2 aromatic rings. The van der Waals surface area contributed by atoms with Gasteiger partial charge in [0.1, 0.15) is 6.54 Å². The van der Waals surface area contributed by atoms with Crippen LogP contribution in [0.25, 0.3) is 0 Å². The average Bonchev–Trinajstić information content (AvgIpc) is 3.13. The molecule has 0 aliphatic carbocycles. The monoisotopic (exact) mass is 337 g/mol. The summed E-state index contributed by atoms with van der Waals surface area (Å²) in [6.45, 7) is 1.81. The number of hydrogen-bond acceptors (Lipinski definition) is 3. The number of aryl methyl sites for hydroxylation is 1. The lowest BCUT2D eigenvalue weighted by Gasteiger charge is -2.35. The van der Waals surface area contributed by atoms with E-state index in [0.29, 0.717) is 17.8 Å². The molecule has 0 saturated carbocycles. The molecule has 0 bridgehead atoms. The zero-order valence-corrected chi connectivity index (χ0v) is 13.8. The predicted octanol–water partition coefficient (Wildman–Crippen LogP) is 2.56. The van der Waals surface area contributed by atoms with Crippen molar-refractivity contribution in [2.24, 2.45) is 7.05 Å². The highest BCUT2D eigenvalue weighted by atomic mass is 19.3. The quantitative estimate of drug-likeness (QED) is 0.861. The van der Waals surface area contributed by atoms with Crippen molar-refractivity contribution < 1.29 is 13.6 Å². The van der Waals surface area contributed by atoms with E-state index in [4.69, 9.17) is 0 Å². The Labute approximate surface area is 139 Å². The average molecular weight is 337 g/mol. The summed E-state index contributed by atoms with van der Waals surface area (Å²) in [6, 6.07) is -0.0298. The molecule has 1 aliphatic rings. The van der Waals surface area contributed by atoms with Crippen LogP contribution in [0.1, 0.15) is 46.9 Å². The van der Waals surface area contributed by atoms with Gasteiger partial charge in [-0.3, -0.25) is 14.2 Å². The third kappa shape index (κ3) is 3.18. The van der Waals surface area contributed by atoms with E-state index in [1.165, 1.54) is 10.9 Å². The van der Waals surface area contributed by atoms with Crippen LogP contribution in [-0.2, 0) is 13.6 Å². The van der Waals surface area contributed by atoms with Crippen LogP contribution in [0.5, 0.6) is 0 Å². The van der Waals surface area contributed by atoms with Crippen molar-refractivity contribution in [3.63, 3.8) is 0 Å². The SMILES string of the molecule is Cc1c(C(=O)N2CCCCC2c2cnn(C)c2)cnn1CC(F)F. The fraction of sp³-hybridized carbons (Fsp3) is 0.562. The lowest BCUT2D eigenvalue weighted by molar-refractivity contribution is 0.0609. The number of halogens is 2. The Bertz CT molecular complexity index is 724.